The van der Waals surface area contributed by atoms with Gasteiger partial charge >= 0.3 is 0 Å². The van der Waals surface area contributed by atoms with Crippen molar-refractivity contribution in [3.63, 3.8) is 0 Å². The van der Waals surface area contributed by atoms with Crippen molar-refractivity contribution < 1.29 is 29.4 Å². The lowest BCUT2D eigenvalue weighted by Crippen LogP contribution is -2.78. The first-order valence-electron chi connectivity index (χ1n) is 17.6. The zero-order chi connectivity index (χ0) is 32.0. The number of carbonyl (C=O) groups excluding carboxylic acids is 4. The zero-order valence-corrected chi connectivity index (χ0v) is 27.8. The van der Waals surface area contributed by atoms with Crippen LogP contribution in [0.15, 0.2) is 12.2 Å². The summed E-state index contributed by atoms with van der Waals surface area (Å²) in [5.41, 5.74) is -3.36. The third-order valence-electron chi connectivity index (χ3n) is 16.6. The van der Waals surface area contributed by atoms with Gasteiger partial charge in [-0.3, -0.25) is 19.2 Å². The van der Waals surface area contributed by atoms with E-state index in [1.54, 1.807) is 0 Å². The Bertz CT molecular complexity index is 1360. The van der Waals surface area contributed by atoms with Crippen molar-refractivity contribution in [2.45, 2.75) is 131 Å². The van der Waals surface area contributed by atoms with Gasteiger partial charge < -0.3 is 10.2 Å². The third-order valence-corrected chi connectivity index (χ3v) is 16.6. The summed E-state index contributed by atoms with van der Waals surface area (Å²) in [7, 11) is 0. The molecule has 2 spiro atoms. The summed E-state index contributed by atoms with van der Waals surface area (Å²) in [6, 6.07) is 0. The third kappa shape index (κ3) is 3.13. The molecule has 44 heavy (non-hydrogen) atoms. The standard InChI is InChI=1S/C38H54O6/c1-20(2)21-14-19-37-30(21)22-8-11-26-34(5)17-16-27(41)33(3,4)25(34)15-18-35(26,6)36(22,7)31-23(39)9-12-28(42)38(31,37)29(43)13-10-24(40)32(37)44/h21-22,24-27,30-31,40-41H,1,8-19H2,2-7H3/t21-,22+,24?,25-,26+,27-,30+,31?,34-,35+,36-,37-,38?/m0/s1. The second-order valence-electron chi connectivity index (χ2n) is 17.9. The number of aliphatic hydroxyl groups excluding tert-OH is 2. The molecule has 6 nitrogen and oxygen atoms in total. The van der Waals surface area contributed by atoms with Gasteiger partial charge in [0.05, 0.1) is 11.5 Å². The molecule has 242 valence electrons. The van der Waals surface area contributed by atoms with Gasteiger partial charge in [0.15, 0.2) is 5.78 Å². The SMILES string of the molecule is C=C(C)[C@@H]1CC[C@]23C(=O)C(O)CCC(=O)C24C(=O)CCC(=O)C4[C@]2(C)[C@H](CC[C@@H]4[C@@]5(C)CC[C@H](O)C(C)(C)[C@@H]5CC[C@]42C)[C@@H]13. The molecule has 7 saturated carbocycles. The Morgan fingerprint density at radius 2 is 1.45 bits per heavy atom. The van der Waals surface area contributed by atoms with Crippen LogP contribution in [0.4, 0.5) is 0 Å². The van der Waals surface area contributed by atoms with Crippen LogP contribution in [-0.4, -0.2) is 45.6 Å². The van der Waals surface area contributed by atoms with Crippen molar-refractivity contribution in [1.29, 1.82) is 0 Å². The Labute approximate surface area is 263 Å². The second-order valence-corrected chi connectivity index (χ2v) is 17.9. The maximum absolute atomic E-state index is 14.9. The number of Topliss-reactive ketones (excluding diaryl/α,β-unsaturated/α-hetero) is 4. The lowest BCUT2D eigenvalue weighted by Gasteiger charge is -2.76. The minimum absolute atomic E-state index is 0.00339. The highest BCUT2D eigenvalue weighted by Crippen LogP contribution is 2.83. The Morgan fingerprint density at radius 3 is 2.14 bits per heavy atom. The Kier molecular flexibility index (Phi) is 6.50. The summed E-state index contributed by atoms with van der Waals surface area (Å²) in [5, 5.41) is 22.5. The highest BCUT2D eigenvalue weighted by Gasteiger charge is 2.85. The van der Waals surface area contributed by atoms with E-state index in [0.717, 1.165) is 44.1 Å². The van der Waals surface area contributed by atoms with Crippen molar-refractivity contribution in [3.05, 3.63) is 12.2 Å². The summed E-state index contributed by atoms with van der Waals surface area (Å²) < 4.78 is 0. The molecule has 7 rings (SSSR count). The number of aliphatic hydroxyl groups is 2. The van der Waals surface area contributed by atoms with Gasteiger partial charge in [0.2, 0.25) is 0 Å². The van der Waals surface area contributed by atoms with Crippen molar-refractivity contribution in [1.82, 2.24) is 0 Å². The Morgan fingerprint density at radius 1 is 0.773 bits per heavy atom. The smallest absolute Gasteiger partial charge is 0.169 e. The van der Waals surface area contributed by atoms with Gasteiger partial charge in [0.1, 0.15) is 28.9 Å². The first-order chi connectivity index (χ1) is 20.5. The van der Waals surface area contributed by atoms with Gasteiger partial charge in [0, 0.05) is 25.2 Å². The van der Waals surface area contributed by atoms with E-state index in [1.807, 2.05) is 6.92 Å². The highest BCUT2D eigenvalue weighted by molar-refractivity contribution is 6.19. The Balaban J connectivity index is 1.52. The molecule has 0 heterocycles. The van der Waals surface area contributed by atoms with Crippen molar-refractivity contribution in [2.24, 2.45) is 68.0 Å². The van der Waals surface area contributed by atoms with Gasteiger partial charge in [-0.05, 0) is 116 Å². The van der Waals surface area contributed by atoms with Crippen molar-refractivity contribution in [2.75, 3.05) is 0 Å². The van der Waals surface area contributed by atoms with E-state index in [2.05, 4.69) is 41.2 Å². The molecular weight excluding hydrogens is 552 g/mol. The number of ketones is 4. The number of hydrogen-bond donors (Lipinski definition) is 2. The molecule has 13 atom stereocenters. The molecular formula is C38H54O6. The quantitative estimate of drug-likeness (QED) is 0.278. The fraction of sp³-hybridized carbons (Fsp3) is 0.842. The van der Waals surface area contributed by atoms with E-state index in [9.17, 15) is 29.4 Å². The molecule has 3 unspecified atom stereocenters. The summed E-state index contributed by atoms with van der Waals surface area (Å²) in [6.45, 7) is 17.9. The number of allylic oxidation sites excluding steroid dienone is 1. The maximum Gasteiger partial charge on any atom is 0.169 e. The summed E-state index contributed by atoms with van der Waals surface area (Å²) in [5.74, 6) is -1.46. The van der Waals surface area contributed by atoms with E-state index in [0.29, 0.717) is 18.8 Å². The number of rotatable bonds is 1. The first-order valence-corrected chi connectivity index (χ1v) is 17.6. The van der Waals surface area contributed by atoms with Gasteiger partial charge in [-0.2, -0.15) is 0 Å². The molecule has 0 amide bonds. The molecule has 6 heteroatoms. The number of hydrogen-bond acceptors (Lipinski definition) is 6. The minimum Gasteiger partial charge on any atom is -0.393 e. The molecule has 0 saturated heterocycles. The van der Waals surface area contributed by atoms with Gasteiger partial charge in [0.25, 0.3) is 0 Å². The summed E-state index contributed by atoms with van der Waals surface area (Å²) >= 11 is 0. The zero-order valence-electron chi connectivity index (χ0n) is 27.8. The predicted octanol–water partition coefficient (Wildman–Crippen LogP) is 6.05. The van der Waals surface area contributed by atoms with E-state index >= 15 is 0 Å². The van der Waals surface area contributed by atoms with E-state index < -0.39 is 28.3 Å². The van der Waals surface area contributed by atoms with Crippen LogP contribution in [0.1, 0.15) is 119 Å². The topological polar surface area (TPSA) is 109 Å². The maximum atomic E-state index is 14.9. The molecule has 0 bridgehead atoms. The van der Waals surface area contributed by atoms with Gasteiger partial charge in [-0.25, -0.2) is 0 Å². The molecule has 7 aliphatic carbocycles. The molecule has 0 aromatic carbocycles. The highest BCUT2D eigenvalue weighted by atomic mass is 16.3. The number of fused-ring (bicyclic) bond motifs is 7. The van der Waals surface area contributed by atoms with Crippen LogP contribution in [0, 0.1) is 68.0 Å². The first kappa shape index (κ1) is 31.0. The largest absolute Gasteiger partial charge is 0.393 e. The molecule has 0 radical (unpaired) electrons. The van der Waals surface area contributed by atoms with Gasteiger partial charge in [-0.1, -0.05) is 46.8 Å². The lowest BCUT2D eigenvalue weighted by molar-refractivity contribution is -0.282. The second kappa shape index (κ2) is 9.24. The summed E-state index contributed by atoms with van der Waals surface area (Å²) in [4.78, 5) is 59.2. The van der Waals surface area contributed by atoms with Crippen LogP contribution in [0.25, 0.3) is 0 Å². The monoisotopic (exact) mass is 606 g/mol. The van der Waals surface area contributed by atoms with E-state index in [1.165, 1.54) is 0 Å². The molecule has 0 aromatic heterocycles. The van der Waals surface area contributed by atoms with Crippen LogP contribution in [0.5, 0.6) is 0 Å². The molecule has 7 fully saturated rings. The predicted molar refractivity (Wildman–Crippen MR) is 166 cm³/mol. The summed E-state index contributed by atoms with van der Waals surface area (Å²) in [6.07, 6.45) is 4.79. The molecule has 0 aromatic rings. The van der Waals surface area contributed by atoms with E-state index in [-0.39, 0.29) is 94.8 Å². The lowest BCUT2D eigenvalue weighted by atomic mass is 9.25. The van der Waals surface area contributed by atoms with Crippen LogP contribution < -0.4 is 0 Å². The molecule has 2 N–H and O–H groups in total. The van der Waals surface area contributed by atoms with Crippen molar-refractivity contribution >= 4 is 23.1 Å². The number of carbonyl (C=O) groups is 4. The molecule has 7 aliphatic rings. The molecule has 0 aliphatic heterocycles. The normalized spacial score (nSPS) is 54.6. The van der Waals surface area contributed by atoms with Crippen LogP contribution in [0.3, 0.4) is 0 Å². The van der Waals surface area contributed by atoms with E-state index in [4.69, 9.17) is 0 Å². The average molecular weight is 607 g/mol. The fourth-order valence-electron chi connectivity index (χ4n) is 14.9. The average Bonchev–Trinajstić information content (AvgIpc) is 3.34. The minimum atomic E-state index is -1.71. The van der Waals surface area contributed by atoms with Crippen molar-refractivity contribution in [3.8, 4) is 0 Å². The Hall–Kier alpha value is -1.66. The van der Waals surface area contributed by atoms with Crippen LogP contribution >= 0.6 is 0 Å². The van der Waals surface area contributed by atoms with Crippen LogP contribution in [-0.2, 0) is 19.2 Å². The van der Waals surface area contributed by atoms with Crippen LogP contribution in [0.2, 0.25) is 0 Å². The van der Waals surface area contributed by atoms with Gasteiger partial charge in [-0.15, -0.1) is 0 Å². The fourth-order valence-corrected chi connectivity index (χ4v) is 14.9.